The molecule has 0 saturated carbocycles. The molecule has 0 radical (unpaired) electrons. The molecule has 4 heteroatoms. The maximum atomic E-state index is 5.92. The normalized spacial score (nSPS) is 27.5. The van der Waals surface area contributed by atoms with Crippen LogP contribution in [0.4, 0.5) is 5.69 Å². The molecule has 25 heavy (non-hydrogen) atoms. The maximum absolute atomic E-state index is 5.92. The molecule has 0 unspecified atom stereocenters. The Morgan fingerprint density at radius 3 is 2.28 bits per heavy atom. The van der Waals surface area contributed by atoms with Crippen LogP contribution in [-0.4, -0.2) is 74.4 Å². The van der Waals surface area contributed by atoms with E-state index in [0.29, 0.717) is 6.10 Å². The van der Waals surface area contributed by atoms with Crippen LogP contribution in [0.5, 0.6) is 0 Å². The van der Waals surface area contributed by atoms with Gasteiger partial charge in [-0.25, -0.2) is 0 Å². The third-order valence-electron chi connectivity index (χ3n) is 6.24. The molecule has 1 atom stereocenters. The van der Waals surface area contributed by atoms with Crippen LogP contribution in [0.1, 0.15) is 32.1 Å². The number of anilines is 1. The van der Waals surface area contributed by atoms with E-state index in [4.69, 9.17) is 4.74 Å². The fourth-order valence-corrected chi connectivity index (χ4v) is 4.69. The van der Waals surface area contributed by atoms with Crippen molar-refractivity contribution in [1.29, 1.82) is 0 Å². The van der Waals surface area contributed by atoms with Gasteiger partial charge in [0.1, 0.15) is 0 Å². The van der Waals surface area contributed by atoms with E-state index in [-0.39, 0.29) is 0 Å². The Balaban J connectivity index is 1.20. The molecule has 0 spiro atoms. The Kier molecular flexibility index (Phi) is 5.90. The highest BCUT2D eigenvalue weighted by atomic mass is 16.5. The highest BCUT2D eigenvalue weighted by Crippen LogP contribution is 2.22. The van der Waals surface area contributed by atoms with Gasteiger partial charge in [-0.15, -0.1) is 0 Å². The standard InChI is InChI=1S/C21H33N3O/c1-2-6-19(7-3-1)23-13-15-24(16-14-23)20-9-11-22(12-10-20)18-21-8-4-5-17-25-21/h1-3,6-7,20-21H,4-5,8-18H2/t21-/m0/s1. The first kappa shape index (κ1) is 17.3. The molecule has 4 nitrogen and oxygen atoms in total. The minimum atomic E-state index is 0.500. The minimum Gasteiger partial charge on any atom is -0.377 e. The van der Waals surface area contributed by atoms with Gasteiger partial charge in [0.25, 0.3) is 0 Å². The summed E-state index contributed by atoms with van der Waals surface area (Å²) >= 11 is 0. The zero-order chi connectivity index (χ0) is 16.9. The van der Waals surface area contributed by atoms with E-state index in [1.54, 1.807) is 0 Å². The van der Waals surface area contributed by atoms with Crippen molar-refractivity contribution in [3.63, 3.8) is 0 Å². The summed E-state index contributed by atoms with van der Waals surface area (Å²) in [5, 5.41) is 0. The Morgan fingerprint density at radius 2 is 1.60 bits per heavy atom. The lowest BCUT2D eigenvalue weighted by molar-refractivity contribution is -0.0141. The first-order valence-electron chi connectivity index (χ1n) is 10.3. The monoisotopic (exact) mass is 343 g/mol. The van der Waals surface area contributed by atoms with Gasteiger partial charge < -0.3 is 14.5 Å². The van der Waals surface area contributed by atoms with Crippen LogP contribution in [0.15, 0.2) is 30.3 Å². The smallest absolute Gasteiger partial charge is 0.0702 e. The fourth-order valence-electron chi connectivity index (χ4n) is 4.69. The molecular weight excluding hydrogens is 310 g/mol. The van der Waals surface area contributed by atoms with Crippen molar-refractivity contribution in [2.75, 3.05) is 57.3 Å². The summed E-state index contributed by atoms with van der Waals surface area (Å²) < 4.78 is 5.92. The molecule has 3 saturated heterocycles. The van der Waals surface area contributed by atoms with Gasteiger partial charge in [-0.1, -0.05) is 18.2 Å². The lowest BCUT2D eigenvalue weighted by atomic mass is 10.0. The molecule has 0 bridgehead atoms. The molecule has 3 fully saturated rings. The Bertz CT molecular complexity index is 501. The molecule has 4 rings (SSSR count). The predicted molar refractivity (Wildman–Crippen MR) is 103 cm³/mol. The van der Waals surface area contributed by atoms with Gasteiger partial charge in [0.2, 0.25) is 0 Å². The molecule has 3 aliphatic rings. The fraction of sp³-hybridized carbons (Fsp3) is 0.714. The van der Waals surface area contributed by atoms with Crippen LogP contribution >= 0.6 is 0 Å². The number of ether oxygens (including phenoxy) is 1. The molecular formula is C21H33N3O. The number of nitrogens with zero attached hydrogens (tertiary/aromatic N) is 3. The summed E-state index contributed by atoms with van der Waals surface area (Å²) in [4.78, 5) is 7.92. The first-order chi connectivity index (χ1) is 12.4. The highest BCUT2D eigenvalue weighted by molar-refractivity contribution is 5.46. The van der Waals surface area contributed by atoms with Crippen molar-refractivity contribution >= 4 is 5.69 Å². The van der Waals surface area contributed by atoms with Gasteiger partial charge in [-0.3, -0.25) is 4.90 Å². The van der Waals surface area contributed by atoms with E-state index in [2.05, 4.69) is 45.0 Å². The molecule has 0 amide bonds. The number of rotatable bonds is 4. The second-order valence-electron chi connectivity index (χ2n) is 7.88. The van der Waals surface area contributed by atoms with Crippen molar-refractivity contribution in [2.24, 2.45) is 0 Å². The van der Waals surface area contributed by atoms with Crippen molar-refractivity contribution < 1.29 is 4.74 Å². The number of likely N-dealkylation sites (tertiary alicyclic amines) is 1. The third kappa shape index (κ3) is 4.55. The van der Waals surface area contributed by atoms with Crippen molar-refractivity contribution in [1.82, 2.24) is 9.80 Å². The average molecular weight is 344 g/mol. The van der Waals surface area contributed by atoms with Crippen LogP contribution in [-0.2, 0) is 4.74 Å². The van der Waals surface area contributed by atoms with E-state index >= 15 is 0 Å². The van der Waals surface area contributed by atoms with Crippen LogP contribution in [0, 0.1) is 0 Å². The largest absolute Gasteiger partial charge is 0.377 e. The second-order valence-corrected chi connectivity index (χ2v) is 7.88. The topological polar surface area (TPSA) is 19.0 Å². The van der Waals surface area contributed by atoms with E-state index in [0.717, 1.165) is 19.2 Å². The molecule has 138 valence electrons. The Hall–Kier alpha value is -1.10. The number of piperazine rings is 1. The lowest BCUT2D eigenvalue weighted by Gasteiger charge is -2.44. The quantitative estimate of drug-likeness (QED) is 0.837. The first-order valence-corrected chi connectivity index (χ1v) is 10.3. The number of para-hydroxylation sites is 1. The van der Waals surface area contributed by atoms with Gasteiger partial charge in [-0.2, -0.15) is 0 Å². The number of hydrogen-bond acceptors (Lipinski definition) is 4. The van der Waals surface area contributed by atoms with E-state index < -0.39 is 0 Å². The van der Waals surface area contributed by atoms with E-state index in [1.165, 1.54) is 77.1 Å². The van der Waals surface area contributed by atoms with Crippen molar-refractivity contribution in [3.8, 4) is 0 Å². The molecule has 1 aromatic rings. The van der Waals surface area contributed by atoms with Gasteiger partial charge in [0, 0.05) is 51.1 Å². The van der Waals surface area contributed by atoms with Gasteiger partial charge >= 0.3 is 0 Å². The molecule has 3 heterocycles. The highest BCUT2D eigenvalue weighted by Gasteiger charge is 2.28. The van der Waals surface area contributed by atoms with Gasteiger partial charge in [0.15, 0.2) is 0 Å². The molecule has 0 N–H and O–H groups in total. The molecule has 0 aromatic heterocycles. The van der Waals surface area contributed by atoms with Gasteiger partial charge in [-0.05, 0) is 57.3 Å². The van der Waals surface area contributed by atoms with Crippen LogP contribution in [0.25, 0.3) is 0 Å². The third-order valence-corrected chi connectivity index (χ3v) is 6.24. The molecule has 0 aliphatic carbocycles. The minimum absolute atomic E-state index is 0.500. The SMILES string of the molecule is c1ccc(N2CCN(C3CCN(C[C@@H]4CCCCO4)CC3)CC2)cc1. The zero-order valence-corrected chi connectivity index (χ0v) is 15.5. The summed E-state index contributed by atoms with van der Waals surface area (Å²) in [5.41, 5.74) is 1.38. The summed E-state index contributed by atoms with van der Waals surface area (Å²) in [5.74, 6) is 0. The van der Waals surface area contributed by atoms with Crippen LogP contribution in [0.3, 0.4) is 0 Å². The average Bonchev–Trinajstić information content (AvgIpc) is 2.70. The van der Waals surface area contributed by atoms with Crippen molar-refractivity contribution in [2.45, 2.75) is 44.2 Å². The van der Waals surface area contributed by atoms with E-state index in [1.807, 2.05) is 0 Å². The lowest BCUT2D eigenvalue weighted by Crippen LogP contribution is -2.53. The number of piperidine rings is 1. The maximum Gasteiger partial charge on any atom is 0.0702 e. The summed E-state index contributed by atoms with van der Waals surface area (Å²) in [7, 11) is 0. The predicted octanol–water partition coefficient (Wildman–Crippen LogP) is 2.84. The molecule has 1 aromatic carbocycles. The van der Waals surface area contributed by atoms with Crippen LogP contribution < -0.4 is 4.90 Å². The molecule has 3 aliphatic heterocycles. The van der Waals surface area contributed by atoms with E-state index in [9.17, 15) is 0 Å². The zero-order valence-electron chi connectivity index (χ0n) is 15.5. The summed E-state index contributed by atoms with van der Waals surface area (Å²) in [6.45, 7) is 9.41. The van der Waals surface area contributed by atoms with Crippen molar-refractivity contribution in [3.05, 3.63) is 30.3 Å². The second kappa shape index (κ2) is 8.52. The Morgan fingerprint density at radius 1 is 0.840 bits per heavy atom. The Labute approximate surface area is 152 Å². The summed E-state index contributed by atoms with van der Waals surface area (Å²) in [6, 6.07) is 11.7. The number of benzene rings is 1. The van der Waals surface area contributed by atoms with Crippen LogP contribution in [0.2, 0.25) is 0 Å². The summed E-state index contributed by atoms with van der Waals surface area (Å²) in [6.07, 6.45) is 7.04. The van der Waals surface area contributed by atoms with Gasteiger partial charge in [0.05, 0.1) is 6.10 Å². The number of hydrogen-bond donors (Lipinski definition) is 0.